The topological polar surface area (TPSA) is 80.1 Å². The number of nitro benzene ring substituents is 1. The molecule has 0 aliphatic carbocycles. The van der Waals surface area contributed by atoms with Crippen molar-refractivity contribution in [3.8, 4) is 0 Å². The van der Waals surface area contributed by atoms with E-state index in [0.717, 1.165) is 5.69 Å². The molecule has 0 atom stereocenters. The molecule has 2 N–H and O–H groups in total. The van der Waals surface area contributed by atoms with Crippen molar-refractivity contribution in [2.45, 2.75) is 6.92 Å². The van der Waals surface area contributed by atoms with Crippen LogP contribution in [0.15, 0.2) is 42.5 Å². The summed E-state index contributed by atoms with van der Waals surface area (Å²) in [5.74, 6) is 0.618. The number of rotatable bonds is 3. The molecule has 20 heavy (non-hydrogen) atoms. The molecule has 2 rings (SSSR count). The molecule has 0 aliphatic rings. The van der Waals surface area contributed by atoms with Gasteiger partial charge in [0, 0.05) is 23.5 Å². The van der Waals surface area contributed by atoms with Gasteiger partial charge in [0.1, 0.15) is 5.82 Å². The van der Waals surface area contributed by atoms with E-state index in [-0.39, 0.29) is 5.69 Å². The number of aromatic nitrogens is 1. The van der Waals surface area contributed by atoms with Gasteiger partial charge in [-0.2, -0.15) is 0 Å². The van der Waals surface area contributed by atoms with Crippen LogP contribution in [-0.2, 0) is 0 Å². The van der Waals surface area contributed by atoms with Crippen molar-refractivity contribution in [3.63, 3.8) is 0 Å². The maximum Gasteiger partial charge on any atom is 0.271 e. The summed E-state index contributed by atoms with van der Waals surface area (Å²) >= 11 is 5.14. The van der Waals surface area contributed by atoms with Crippen molar-refractivity contribution in [2.75, 3.05) is 10.6 Å². The number of hydrogen-bond acceptors (Lipinski definition) is 4. The Bertz CT molecular complexity index is 660. The van der Waals surface area contributed by atoms with Crippen LogP contribution >= 0.6 is 12.2 Å². The van der Waals surface area contributed by atoms with Crippen molar-refractivity contribution >= 4 is 34.5 Å². The number of nitrogens with zero attached hydrogens (tertiary/aromatic N) is 2. The van der Waals surface area contributed by atoms with Crippen LogP contribution in [0, 0.1) is 17.0 Å². The summed E-state index contributed by atoms with van der Waals surface area (Å²) in [5, 5.41) is 16.8. The molecule has 6 nitrogen and oxygen atoms in total. The van der Waals surface area contributed by atoms with E-state index in [2.05, 4.69) is 15.6 Å². The fourth-order valence-electron chi connectivity index (χ4n) is 1.59. The van der Waals surface area contributed by atoms with Gasteiger partial charge in [0.25, 0.3) is 5.69 Å². The summed E-state index contributed by atoms with van der Waals surface area (Å²) in [5.41, 5.74) is 1.42. The second-order valence-corrected chi connectivity index (χ2v) is 4.46. The second-order valence-electron chi connectivity index (χ2n) is 4.05. The first kappa shape index (κ1) is 13.9. The van der Waals surface area contributed by atoms with Crippen molar-refractivity contribution in [1.82, 2.24) is 4.98 Å². The molecule has 0 radical (unpaired) electrons. The number of non-ortho nitro benzene ring substituents is 1. The van der Waals surface area contributed by atoms with Crippen LogP contribution < -0.4 is 10.6 Å². The fourth-order valence-corrected chi connectivity index (χ4v) is 1.81. The van der Waals surface area contributed by atoms with E-state index in [1.165, 1.54) is 12.1 Å². The lowest BCUT2D eigenvalue weighted by molar-refractivity contribution is -0.384. The third-order valence-corrected chi connectivity index (χ3v) is 2.65. The predicted molar refractivity (Wildman–Crippen MR) is 81.9 cm³/mol. The SMILES string of the molecule is Cc1cccc(NC(=S)Nc2cccc([N+](=O)[O-])c2)n1. The monoisotopic (exact) mass is 288 g/mol. The van der Waals surface area contributed by atoms with Crippen molar-refractivity contribution in [1.29, 1.82) is 0 Å². The standard InChI is InChI=1S/C13H12N4O2S/c1-9-4-2-7-12(14-9)16-13(20)15-10-5-3-6-11(8-10)17(18)19/h2-8H,1H3,(H2,14,15,16,20). The molecule has 1 heterocycles. The summed E-state index contributed by atoms with van der Waals surface area (Å²) in [7, 11) is 0. The Morgan fingerprint density at radius 2 is 2.00 bits per heavy atom. The molecule has 0 unspecified atom stereocenters. The quantitative estimate of drug-likeness (QED) is 0.513. The molecule has 0 saturated carbocycles. The number of benzene rings is 1. The number of pyridine rings is 1. The van der Waals surface area contributed by atoms with Gasteiger partial charge in [0.05, 0.1) is 4.92 Å². The van der Waals surface area contributed by atoms with Gasteiger partial charge in [-0.1, -0.05) is 12.1 Å². The Balaban J connectivity index is 2.04. The molecule has 7 heteroatoms. The molecular weight excluding hydrogens is 276 g/mol. The summed E-state index contributed by atoms with van der Waals surface area (Å²) in [4.78, 5) is 14.5. The Morgan fingerprint density at radius 3 is 2.70 bits per heavy atom. The number of thiocarbonyl (C=S) groups is 1. The third kappa shape index (κ3) is 3.72. The molecule has 0 fully saturated rings. The van der Waals surface area contributed by atoms with Gasteiger partial charge in [-0.25, -0.2) is 4.98 Å². The number of anilines is 2. The second kappa shape index (κ2) is 6.07. The Hall–Kier alpha value is -2.54. The maximum absolute atomic E-state index is 10.7. The van der Waals surface area contributed by atoms with Gasteiger partial charge >= 0.3 is 0 Å². The molecule has 1 aromatic heterocycles. The highest BCUT2D eigenvalue weighted by atomic mass is 32.1. The first-order valence-corrected chi connectivity index (χ1v) is 6.21. The van der Waals surface area contributed by atoms with E-state index < -0.39 is 4.92 Å². The van der Waals surface area contributed by atoms with E-state index in [1.807, 2.05) is 19.1 Å². The van der Waals surface area contributed by atoms with Gasteiger partial charge in [-0.3, -0.25) is 10.1 Å². The van der Waals surface area contributed by atoms with E-state index >= 15 is 0 Å². The summed E-state index contributed by atoms with van der Waals surface area (Å²) < 4.78 is 0. The normalized spacial score (nSPS) is 9.85. The van der Waals surface area contributed by atoms with E-state index in [9.17, 15) is 10.1 Å². The fraction of sp³-hybridized carbons (Fsp3) is 0.0769. The Labute approximate surface area is 121 Å². The molecule has 0 saturated heterocycles. The zero-order valence-corrected chi connectivity index (χ0v) is 11.5. The largest absolute Gasteiger partial charge is 0.332 e. The lowest BCUT2D eigenvalue weighted by Gasteiger charge is -2.10. The molecule has 0 spiro atoms. The zero-order valence-electron chi connectivity index (χ0n) is 10.7. The zero-order chi connectivity index (χ0) is 14.5. The number of nitro groups is 1. The summed E-state index contributed by atoms with van der Waals surface area (Å²) in [6.07, 6.45) is 0. The molecule has 1 aromatic carbocycles. The van der Waals surface area contributed by atoms with Crippen LogP contribution in [-0.4, -0.2) is 15.0 Å². The van der Waals surface area contributed by atoms with Gasteiger partial charge in [0.15, 0.2) is 5.11 Å². The number of hydrogen-bond donors (Lipinski definition) is 2. The summed E-state index contributed by atoms with van der Waals surface area (Å²) in [6.45, 7) is 1.88. The minimum absolute atomic E-state index is 0.00600. The lowest BCUT2D eigenvalue weighted by Crippen LogP contribution is -2.19. The van der Waals surface area contributed by atoms with Crippen molar-refractivity contribution in [2.24, 2.45) is 0 Å². The van der Waals surface area contributed by atoms with Crippen LogP contribution in [0.1, 0.15) is 5.69 Å². The van der Waals surface area contributed by atoms with Gasteiger partial charge in [0.2, 0.25) is 0 Å². The Morgan fingerprint density at radius 1 is 1.25 bits per heavy atom. The minimum atomic E-state index is -0.455. The van der Waals surface area contributed by atoms with E-state index in [1.54, 1.807) is 18.2 Å². The van der Waals surface area contributed by atoms with E-state index in [4.69, 9.17) is 12.2 Å². The Kier molecular flexibility index (Phi) is 4.21. The molecule has 0 aliphatic heterocycles. The average Bonchev–Trinajstić information content (AvgIpc) is 2.38. The maximum atomic E-state index is 10.7. The molecule has 0 bridgehead atoms. The van der Waals surface area contributed by atoms with Gasteiger partial charge < -0.3 is 10.6 Å². The van der Waals surface area contributed by atoms with E-state index in [0.29, 0.717) is 16.6 Å². The van der Waals surface area contributed by atoms with Gasteiger partial charge in [-0.05, 0) is 37.3 Å². The number of aryl methyl sites for hydroxylation is 1. The first-order valence-electron chi connectivity index (χ1n) is 5.81. The highest BCUT2D eigenvalue weighted by Gasteiger charge is 2.06. The first-order chi connectivity index (χ1) is 9.54. The smallest absolute Gasteiger partial charge is 0.271 e. The van der Waals surface area contributed by atoms with Crippen molar-refractivity contribution in [3.05, 3.63) is 58.3 Å². The summed E-state index contributed by atoms with van der Waals surface area (Å²) in [6, 6.07) is 11.7. The molecule has 102 valence electrons. The van der Waals surface area contributed by atoms with Crippen LogP contribution in [0.25, 0.3) is 0 Å². The minimum Gasteiger partial charge on any atom is -0.332 e. The lowest BCUT2D eigenvalue weighted by atomic mass is 10.3. The molecular formula is C13H12N4O2S. The molecule has 2 aromatic rings. The molecule has 0 amide bonds. The van der Waals surface area contributed by atoms with Gasteiger partial charge in [-0.15, -0.1) is 0 Å². The highest BCUT2D eigenvalue weighted by Crippen LogP contribution is 2.17. The average molecular weight is 288 g/mol. The third-order valence-electron chi connectivity index (χ3n) is 2.44. The van der Waals surface area contributed by atoms with Crippen LogP contribution in [0.2, 0.25) is 0 Å². The van der Waals surface area contributed by atoms with Crippen molar-refractivity contribution < 1.29 is 4.92 Å². The van der Waals surface area contributed by atoms with Crippen LogP contribution in [0.3, 0.4) is 0 Å². The van der Waals surface area contributed by atoms with Crippen LogP contribution in [0.5, 0.6) is 0 Å². The number of nitrogens with one attached hydrogen (secondary N) is 2. The predicted octanol–water partition coefficient (Wildman–Crippen LogP) is 3.11. The van der Waals surface area contributed by atoms with Crippen LogP contribution in [0.4, 0.5) is 17.2 Å². The highest BCUT2D eigenvalue weighted by molar-refractivity contribution is 7.80.